The van der Waals surface area contributed by atoms with Gasteiger partial charge in [0.1, 0.15) is 5.75 Å². The van der Waals surface area contributed by atoms with Crippen LogP contribution in [0.25, 0.3) is 0 Å². The molecule has 0 unspecified atom stereocenters. The minimum Gasteiger partial charge on any atom is -0.496 e. The zero-order valence-electron chi connectivity index (χ0n) is 16.9. The van der Waals surface area contributed by atoms with Crippen molar-refractivity contribution in [1.29, 1.82) is 0 Å². The summed E-state index contributed by atoms with van der Waals surface area (Å²) in [5.41, 5.74) is 2.37. The highest BCUT2D eigenvalue weighted by Gasteiger charge is 2.24. The normalized spacial score (nSPS) is 15.2. The predicted molar refractivity (Wildman–Crippen MR) is 115 cm³/mol. The summed E-state index contributed by atoms with van der Waals surface area (Å²) in [4.78, 5) is 14.7. The van der Waals surface area contributed by atoms with Gasteiger partial charge in [-0.3, -0.25) is 9.52 Å². The van der Waals surface area contributed by atoms with Crippen molar-refractivity contribution >= 4 is 21.6 Å². The molecule has 6 nitrogen and oxygen atoms in total. The number of rotatable bonds is 7. The average molecular weight is 417 g/mol. The molecule has 2 aromatic carbocycles. The molecule has 0 radical (unpaired) electrons. The molecule has 0 aliphatic carbocycles. The quantitative estimate of drug-likeness (QED) is 0.753. The first-order valence-electron chi connectivity index (χ1n) is 9.81. The third-order valence-electron chi connectivity index (χ3n) is 5.32. The van der Waals surface area contributed by atoms with Crippen molar-refractivity contribution in [3.63, 3.8) is 0 Å². The van der Waals surface area contributed by atoms with Crippen LogP contribution in [0.3, 0.4) is 0 Å². The zero-order valence-corrected chi connectivity index (χ0v) is 17.7. The number of carbonyl (C=O) groups excluding carboxylic acids is 1. The van der Waals surface area contributed by atoms with E-state index in [1.165, 1.54) is 5.56 Å². The molecule has 1 N–H and O–H groups in total. The van der Waals surface area contributed by atoms with E-state index < -0.39 is 10.0 Å². The minimum atomic E-state index is -3.39. The number of likely N-dealkylation sites (tertiary alicyclic amines) is 1. The Kier molecular flexibility index (Phi) is 6.79. The van der Waals surface area contributed by atoms with E-state index in [1.807, 2.05) is 29.2 Å². The molecule has 1 heterocycles. The van der Waals surface area contributed by atoms with Gasteiger partial charge in [-0.05, 0) is 48.4 Å². The van der Waals surface area contributed by atoms with Crippen molar-refractivity contribution in [1.82, 2.24) is 4.90 Å². The highest BCUT2D eigenvalue weighted by molar-refractivity contribution is 7.92. The number of para-hydroxylation sites is 2. The zero-order chi connectivity index (χ0) is 20.9. The fourth-order valence-corrected chi connectivity index (χ4v) is 4.42. The second kappa shape index (κ2) is 9.31. The fourth-order valence-electron chi connectivity index (χ4n) is 3.82. The lowest BCUT2D eigenvalue weighted by Gasteiger charge is -2.32. The minimum absolute atomic E-state index is 0.0310. The number of benzene rings is 2. The number of sulfonamides is 1. The third kappa shape index (κ3) is 5.97. The number of piperidine rings is 1. The second-order valence-corrected chi connectivity index (χ2v) is 9.30. The Hall–Kier alpha value is -2.54. The molecule has 1 fully saturated rings. The SMILES string of the molecule is COc1ccccc1CC1CCN(C(=O)Cc2ccccc2NS(C)(=O)=O)CC1. The van der Waals surface area contributed by atoms with Gasteiger partial charge in [0.05, 0.1) is 25.5 Å². The monoisotopic (exact) mass is 416 g/mol. The Morgan fingerprint density at radius 3 is 2.34 bits per heavy atom. The summed E-state index contributed by atoms with van der Waals surface area (Å²) in [6.07, 6.45) is 4.15. The molecule has 2 aromatic rings. The third-order valence-corrected chi connectivity index (χ3v) is 5.91. The molecule has 3 rings (SSSR count). The lowest BCUT2D eigenvalue weighted by molar-refractivity contribution is -0.131. The maximum absolute atomic E-state index is 12.8. The van der Waals surface area contributed by atoms with Crippen LogP contribution in [0.4, 0.5) is 5.69 Å². The van der Waals surface area contributed by atoms with E-state index in [0.717, 1.165) is 44.4 Å². The Morgan fingerprint density at radius 2 is 1.69 bits per heavy atom. The molecule has 0 atom stereocenters. The first-order chi connectivity index (χ1) is 13.9. The Morgan fingerprint density at radius 1 is 1.07 bits per heavy atom. The maximum atomic E-state index is 12.8. The number of ether oxygens (including phenoxy) is 1. The first kappa shape index (κ1) is 21.2. The Bertz CT molecular complexity index is 951. The van der Waals surface area contributed by atoms with Crippen molar-refractivity contribution in [2.45, 2.75) is 25.7 Å². The van der Waals surface area contributed by atoms with Crippen LogP contribution in [0.5, 0.6) is 5.75 Å². The number of carbonyl (C=O) groups is 1. The summed E-state index contributed by atoms with van der Waals surface area (Å²) in [5, 5.41) is 0. The second-order valence-electron chi connectivity index (χ2n) is 7.55. The van der Waals surface area contributed by atoms with Crippen molar-refractivity contribution < 1.29 is 17.9 Å². The van der Waals surface area contributed by atoms with Crippen molar-refractivity contribution in [3.05, 3.63) is 59.7 Å². The number of methoxy groups -OCH3 is 1. The van der Waals surface area contributed by atoms with Crippen molar-refractivity contribution in [2.24, 2.45) is 5.92 Å². The predicted octanol–water partition coefficient (Wildman–Crippen LogP) is 3.09. The number of nitrogens with zero attached hydrogens (tertiary/aromatic N) is 1. The van der Waals surface area contributed by atoms with Crippen LogP contribution in [0, 0.1) is 5.92 Å². The molecule has 1 aliphatic heterocycles. The van der Waals surface area contributed by atoms with Gasteiger partial charge in [0, 0.05) is 13.1 Å². The number of nitrogens with one attached hydrogen (secondary N) is 1. The summed E-state index contributed by atoms with van der Waals surface area (Å²) >= 11 is 0. The van der Waals surface area contributed by atoms with Crippen LogP contribution in [-0.2, 0) is 27.7 Å². The van der Waals surface area contributed by atoms with Crippen LogP contribution in [0.15, 0.2) is 48.5 Å². The van der Waals surface area contributed by atoms with Crippen LogP contribution >= 0.6 is 0 Å². The van der Waals surface area contributed by atoms with Gasteiger partial charge >= 0.3 is 0 Å². The number of amides is 1. The number of hydrogen-bond donors (Lipinski definition) is 1. The lowest BCUT2D eigenvalue weighted by Crippen LogP contribution is -2.39. The van der Waals surface area contributed by atoms with E-state index in [2.05, 4.69) is 10.8 Å². The maximum Gasteiger partial charge on any atom is 0.229 e. The van der Waals surface area contributed by atoms with Gasteiger partial charge in [-0.2, -0.15) is 0 Å². The van der Waals surface area contributed by atoms with E-state index in [4.69, 9.17) is 4.74 Å². The first-order valence-corrected chi connectivity index (χ1v) is 11.7. The number of anilines is 1. The molecule has 0 saturated carbocycles. The molecule has 0 spiro atoms. The molecular weight excluding hydrogens is 388 g/mol. The summed E-state index contributed by atoms with van der Waals surface area (Å²) in [6, 6.07) is 15.1. The highest BCUT2D eigenvalue weighted by Crippen LogP contribution is 2.27. The molecule has 1 amide bonds. The van der Waals surface area contributed by atoms with Crippen LogP contribution in [0.1, 0.15) is 24.0 Å². The lowest BCUT2D eigenvalue weighted by atomic mass is 9.89. The topological polar surface area (TPSA) is 75.7 Å². The Labute approximate surface area is 172 Å². The summed E-state index contributed by atoms with van der Waals surface area (Å²) in [7, 11) is -1.70. The average Bonchev–Trinajstić information content (AvgIpc) is 2.69. The molecule has 7 heteroatoms. The van der Waals surface area contributed by atoms with Gasteiger partial charge in [-0.1, -0.05) is 36.4 Å². The van der Waals surface area contributed by atoms with Crippen LogP contribution in [0.2, 0.25) is 0 Å². The number of hydrogen-bond acceptors (Lipinski definition) is 4. The van der Waals surface area contributed by atoms with Gasteiger partial charge < -0.3 is 9.64 Å². The summed E-state index contributed by atoms with van der Waals surface area (Å²) < 4.78 is 31.1. The molecule has 0 aromatic heterocycles. The van der Waals surface area contributed by atoms with Gasteiger partial charge in [0.15, 0.2) is 0 Å². The van der Waals surface area contributed by atoms with Crippen LogP contribution < -0.4 is 9.46 Å². The smallest absolute Gasteiger partial charge is 0.229 e. The molecule has 1 saturated heterocycles. The summed E-state index contributed by atoms with van der Waals surface area (Å²) in [5.74, 6) is 1.47. The van der Waals surface area contributed by atoms with Crippen molar-refractivity contribution in [2.75, 3.05) is 31.2 Å². The van der Waals surface area contributed by atoms with Gasteiger partial charge in [-0.15, -0.1) is 0 Å². The Balaban J connectivity index is 1.57. The van der Waals surface area contributed by atoms with Gasteiger partial charge in [0.25, 0.3) is 0 Å². The highest BCUT2D eigenvalue weighted by atomic mass is 32.2. The van der Waals surface area contributed by atoms with E-state index in [1.54, 1.807) is 25.3 Å². The standard InChI is InChI=1S/C22H28N2O4S/c1-28-21-10-6-4-8-19(21)15-17-11-13-24(14-12-17)22(25)16-18-7-3-5-9-20(18)23-29(2,26)27/h3-10,17,23H,11-16H2,1-2H3. The molecule has 156 valence electrons. The summed E-state index contributed by atoms with van der Waals surface area (Å²) in [6.45, 7) is 1.45. The van der Waals surface area contributed by atoms with E-state index in [-0.39, 0.29) is 12.3 Å². The molecule has 0 bridgehead atoms. The fraction of sp³-hybridized carbons (Fsp3) is 0.409. The van der Waals surface area contributed by atoms with Gasteiger partial charge in [-0.25, -0.2) is 8.42 Å². The van der Waals surface area contributed by atoms with Crippen molar-refractivity contribution in [3.8, 4) is 5.75 Å². The van der Waals surface area contributed by atoms with Crippen LogP contribution in [-0.4, -0.2) is 45.7 Å². The van der Waals surface area contributed by atoms with E-state index in [9.17, 15) is 13.2 Å². The molecule has 1 aliphatic rings. The molecular formula is C22H28N2O4S. The van der Waals surface area contributed by atoms with Gasteiger partial charge in [0.2, 0.25) is 15.9 Å². The van der Waals surface area contributed by atoms with E-state index in [0.29, 0.717) is 17.2 Å². The van der Waals surface area contributed by atoms with E-state index >= 15 is 0 Å². The largest absolute Gasteiger partial charge is 0.496 e. The molecule has 29 heavy (non-hydrogen) atoms.